The van der Waals surface area contributed by atoms with Gasteiger partial charge < -0.3 is 11.1 Å². The highest BCUT2D eigenvalue weighted by atomic mass is 16.1. The first-order valence-electron chi connectivity index (χ1n) is 6.85. The molecule has 0 bridgehead atoms. The molecule has 2 aliphatic rings. The number of nitrogens with zero attached hydrogens (tertiary/aromatic N) is 2. The number of amides is 1. The number of aliphatic imine (C=N–C) groups is 1. The first-order chi connectivity index (χ1) is 9.24. The highest BCUT2D eigenvalue weighted by Gasteiger charge is 2.17. The highest BCUT2D eigenvalue weighted by Crippen LogP contribution is 2.07. The van der Waals surface area contributed by atoms with E-state index in [9.17, 15) is 4.79 Å². The summed E-state index contributed by atoms with van der Waals surface area (Å²) in [4.78, 5) is 17.7. The second-order valence-corrected chi connectivity index (χ2v) is 5.04. The van der Waals surface area contributed by atoms with Crippen molar-refractivity contribution in [3.05, 3.63) is 24.4 Å². The zero-order valence-corrected chi connectivity index (χ0v) is 11.2. The smallest absolute Gasteiger partial charge is 0.231 e. The monoisotopic (exact) mass is 262 g/mol. The van der Waals surface area contributed by atoms with Gasteiger partial charge in [-0.05, 0) is 31.5 Å². The van der Waals surface area contributed by atoms with Crippen LogP contribution < -0.4 is 11.1 Å². The summed E-state index contributed by atoms with van der Waals surface area (Å²) in [5.41, 5.74) is 6.37. The Labute approximate surface area is 114 Å². The Kier molecular flexibility index (Phi) is 5.15. The van der Waals surface area contributed by atoms with E-state index in [0.29, 0.717) is 12.6 Å². The molecule has 5 heteroatoms. The lowest BCUT2D eigenvalue weighted by atomic mass is 10.1. The van der Waals surface area contributed by atoms with E-state index in [1.807, 2.05) is 12.3 Å². The molecule has 0 spiro atoms. The van der Waals surface area contributed by atoms with Crippen LogP contribution in [0.25, 0.3) is 0 Å². The maximum Gasteiger partial charge on any atom is 0.231 e. The molecule has 1 atom stereocenters. The van der Waals surface area contributed by atoms with Gasteiger partial charge in [-0.2, -0.15) is 0 Å². The summed E-state index contributed by atoms with van der Waals surface area (Å²) in [7, 11) is 0. The predicted octanol–water partition coefficient (Wildman–Crippen LogP) is 0.440. The summed E-state index contributed by atoms with van der Waals surface area (Å²) >= 11 is 0. The van der Waals surface area contributed by atoms with Crippen molar-refractivity contribution in [3.8, 4) is 0 Å². The highest BCUT2D eigenvalue weighted by molar-refractivity contribution is 5.97. The minimum Gasteiger partial charge on any atom is -0.387 e. The average Bonchev–Trinajstić information content (AvgIpc) is 2.40. The molecular weight excluding hydrogens is 240 g/mol. The van der Waals surface area contributed by atoms with Gasteiger partial charge in [0.15, 0.2) is 0 Å². The van der Waals surface area contributed by atoms with Gasteiger partial charge in [-0.15, -0.1) is 0 Å². The summed E-state index contributed by atoms with van der Waals surface area (Å²) in [6.07, 6.45) is 11.5. The fourth-order valence-electron chi connectivity index (χ4n) is 2.42. The van der Waals surface area contributed by atoms with Crippen LogP contribution in [0.15, 0.2) is 29.4 Å². The van der Waals surface area contributed by atoms with Crippen molar-refractivity contribution in [1.82, 2.24) is 10.2 Å². The molecule has 2 rings (SSSR count). The molecule has 104 valence electrons. The zero-order chi connectivity index (χ0) is 13.5. The lowest BCUT2D eigenvalue weighted by Crippen LogP contribution is -2.45. The van der Waals surface area contributed by atoms with Gasteiger partial charge in [-0.25, -0.2) is 0 Å². The Bertz CT molecular complexity index is 400. The number of rotatable bonds is 6. The van der Waals surface area contributed by atoms with Crippen LogP contribution in [0.4, 0.5) is 0 Å². The van der Waals surface area contributed by atoms with Gasteiger partial charge in [0.05, 0.1) is 6.54 Å². The largest absolute Gasteiger partial charge is 0.387 e. The minimum atomic E-state index is -0.285. The average molecular weight is 262 g/mol. The van der Waals surface area contributed by atoms with Crippen molar-refractivity contribution < 1.29 is 4.79 Å². The van der Waals surface area contributed by atoms with Crippen molar-refractivity contribution in [3.63, 3.8) is 0 Å². The normalized spacial score (nSPS) is 22.2. The third kappa shape index (κ3) is 4.87. The standard InChI is InChI=1S/C14H22N4O/c15-14(19)11-18(9-12-5-1-3-7-16-12)10-13-6-2-4-8-17-13/h1,4-5,8,13,17H,2-3,6-7,9-11H2,(H2,15,19). The van der Waals surface area contributed by atoms with Crippen molar-refractivity contribution >= 4 is 11.6 Å². The Morgan fingerprint density at radius 1 is 1.47 bits per heavy atom. The molecule has 0 fully saturated rings. The SMILES string of the molecule is NC(=O)CN(CC1=NCCC=C1)CC1CCC=CN1. The zero-order valence-electron chi connectivity index (χ0n) is 11.2. The van der Waals surface area contributed by atoms with Crippen LogP contribution in [-0.2, 0) is 4.79 Å². The minimum absolute atomic E-state index is 0.285. The number of nitrogens with two attached hydrogens (primary N) is 1. The molecule has 0 aromatic rings. The summed E-state index contributed by atoms with van der Waals surface area (Å²) in [5, 5.41) is 3.33. The summed E-state index contributed by atoms with van der Waals surface area (Å²) < 4.78 is 0. The quantitative estimate of drug-likeness (QED) is 0.729. The maximum atomic E-state index is 11.2. The molecule has 19 heavy (non-hydrogen) atoms. The molecule has 0 saturated heterocycles. The van der Waals surface area contributed by atoms with Gasteiger partial charge in [-0.1, -0.05) is 12.2 Å². The molecule has 0 saturated carbocycles. The Balaban J connectivity index is 1.90. The van der Waals surface area contributed by atoms with E-state index in [-0.39, 0.29) is 12.5 Å². The summed E-state index contributed by atoms with van der Waals surface area (Å²) in [6, 6.07) is 0.387. The number of hydrogen-bond acceptors (Lipinski definition) is 4. The van der Waals surface area contributed by atoms with E-state index in [1.54, 1.807) is 0 Å². The van der Waals surface area contributed by atoms with Gasteiger partial charge in [0.1, 0.15) is 0 Å². The number of carbonyl (C=O) groups excluding carboxylic acids is 1. The van der Waals surface area contributed by atoms with Crippen molar-refractivity contribution in [2.45, 2.75) is 25.3 Å². The third-order valence-corrected chi connectivity index (χ3v) is 3.30. The first-order valence-corrected chi connectivity index (χ1v) is 6.85. The van der Waals surface area contributed by atoms with Crippen LogP contribution in [0.3, 0.4) is 0 Å². The number of carbonyl (C=O) groups is 1. The Hall–Kier alpha value is -1.62. The van der Waals surface area contributed by atoms with Crippen LogP contribution in [0.5, 0.6) is 0 Å². The number of hydrogen-bond donors (Lipinski definition) is 2. The number of nitrogens with one attached hydrogen (secondary N) is 1. The fraction of sp³-hybridized carbons (Fsp3) is 0.571. The van der Waals surface area contributed by atoms with Gasteiger partial charge in [0, 0.05) is 31.4 Å². The number of allylic oxidation sites excluding steroid dienone is 1. The van der Waals surface area contributed by atoms with Gasteiger partial charge in [0.2, 0.25) is 5.91 Å². The number of primary amides is 1. The van der Waals surface area contributed by atoms with Crippen molar-refractivity contribution in [1.29, 1.82) is 0 Å². The van der Waals surface area contributed by atoms with Gasteiger partial charge >= 0.3 is 0 Å². The molecule has 0 aliphatic carbocycles. The second kappa shape index (κ2) is 7.09. The van der Waals surface area contributed by atoms with E-state index in [0.717, 1.165) is 38.1 Å². The molecule has 0 radical (unpaired) electrons. The van der Waals surface area contributed by atoms with E-state index in [4.69, 9.17) is 5.73 Å². The molecule has 2 heterocycles. The van der Waals surface area contributed by atoms with Gasteiger partial charge in [0.25, 0.3) is 0 Å². The van der Waals surface area contributed by atoms with Crippen LogP contribution in [0, 0.1) is 0 Å². The molecule has 5 nitrogen and oxygen atoms in total. The summed E-state index contributed by atoms with van der Waals surface area (Å²) in [5.74, 6) is -0.285. The van der Waals surface area contributed by atoms with Crippen LogP contribution in [0.2, 0.25) is 0 Å². The maximum absolute atomic E-state index is 11.2. The topological polar surface area (TPSA) is 70.7 Å². The lowest BCUT2D eigenvalue weighted by Gasteiger charge is -2.28. The second-order valence-electron chi connectivity index (χ2n) is 5.04. The molecular formula is C14H22N4O. The Morgan fingerprint density at radius 3 is 3.00 bits per heavy atom. The first kappa shape index (κ1) is 13.8. The lowest BCUT2D eigenvalue weighted by molar-refractivity contribution is -0.119. The van der Waals surface area contributed by atoms with E-state index in [1.165, 1.54) is 0 Å². The van der Waals surface area contributed by atoms with E-state index in [2.05, 4.69) is 27.4 Å². The molecule has 0 aromatic carbocycles. The fourth-order valence-corrected chi connectivity index (χ4v) is 2.42. The molecule has 3 N–H and O–H groups in total. The van der Waals surface area contributed by atoms with Gasteiger partial charge in [-0.3, -0.25) is 14.7 Å². The molecule has 1 unspecified atom stereocenters. The van der Waals surface area contributed by atoms with E-state index >= 15 is 0 Å². The third-order valence-electron chi connectivity index (χ3n) is 3.30. The van der Waals surface area contributed by atoms with Crippen molar-refractivity contribution in [2.24, 2.45) is 10.7 Å². The Morgan fingerprint density at radius 2 is 2.37 bits per heavy atom. The van der Waals surface area contributed by atoms with Crippen LogP contribution in [-0.4, -0.2) is 48.7 Å². The van der Waals surface area contributed by atoms with Crippen molar-refractivity contribution in [2.75, 3.05) is 26.2 Å². The summed E-state index contributed by atoms with van der Waals surface area (Å²) in [6.45, 7) is 2.65. The number of dihydropyridines is 1. The van der Waals surface area contributed by atoms with E-state index < -0.39 is 0 Å². The predicted molar refractivity (Wildman–Crippen MR) is 77.0 cm³/mol. The molecule has 1 amide bonds. The molecule has 2 aliphatic heterocycles. The van der Waals surface area contributed by atoms with Crippen LogP contribution in [0.1, 0.15) is 19.3 Å². The molecule has 0 aromatic heterocycles. The van der Waals surface area contributed by atoms with Crippen LogP contribution >= 0.6 is 0 Å².